The van der Waals surface area contributed by atoms with Gasteiger partial charge in [0.2, 0.25) is 0 Å². The molecule has 2 N–H and O–H groups in total. The fourth-order valence-corrected chi connectivity index (χ4v) is 2.76. The van der Waals surface area contributed by atoms with E-state index in [0.29, 0.717) is 17.0 Å². The first-order chi connectivity index (χ1) is 8.56. The molecular formula is C14H14FNOS. The maximum atomic E-state index is 12.9. The average Bonchev–Trinajstić information content (AvgIpc) is 2.33. The van der Waals surface area contributed by atoms with Crippen LogP contribution in [0.15, 0.2) is 47.4 Å². The average molecular weight is 263 g/mol. The molecule has 0 radical (unpaired) electrons. The summed E-state index contributed by atoms with van der Waals surface area (Å²) in [5.41, 5.74) is 7.87. The molecule has 0 aromatic heterocycles. The summed E-state index contributed by atoms with van der Waals surface area (Å²) < 4.78 is 25.0. The summed E-state index contributed by atoms with van der Waals surface area (Å²) in [6.07, 6.45) is 0. The lowest BCUT2D eigenvalue weighted by Crippen LogP contribution is -2.01. The smallest absolute Gasteiger partial charge is 0.125 e. The van der Waals surface area contributed by atoms with Crippen LogP contribution in [0.2, 0.25) is 0 Å². The lowest BCUT2D eigenvalue weighted by atomic mass is 10.2. The summed E-state index contributed by atoms with van der Waals surface area (Å²) in [5.74, 6) is -0.0767. The van der Waals surface area contributed by atoms with E-state index in [1.807, 2.05) is 31.2 Å². The number of benzene rings is 2. The number of anilines is 1. The van der Waals surface area contributed by atoms with Gasteiger partial charge in [-0.05, 0) is 36.8 Å². The molecule has 2 nitrogen and oxygen atoms in total. The van der Waals surface area contributed by atoms with Crippen molar-refractivity contribution in [2.45, 2.75) is 17.6 Å². The summed E-state index contributed by atoms with van der Waals surface area (Å²) in [5, 5.41) is 0. The highest BCUT2D eigenvalue weighted by Gasteiger charge is 2.08. The van der Waals surface area contributed by atoms with Crippen LogP contribution in [0.4, 0.5) is 10.1 Å². The number of nitrogens with two attached hydrogens (primary N) is 1. The van der Waals surface area contributed by atoms with E-state index in [1.165, 1.54) is 12.1 Å². The Labute approximate surface area is 108 Å². The van der Waals surface area contributed by atoms with Crippen molar-refractivity contribution in [2.75, 3.05) is 5.73 Å². The highest BCUT2D eigenvalue weighted by molar-refractivity contribution is 7.84. The van der Waals surface area contributed by atoms with Gasteiger partial charge in [-0.2, -0.15) is 0 Å². The molecule has 18 heavy (non-hydrogen) atoms. The molecule has 1 atom stereocenters. The van der Waals surface area contributed by atoms with Crippen LogP contribution in [0.1, 0.15) is 11.1 Å². The minimum atomic E-state index is -1.16. The second-order valence-electron chi connectivity index (χ2n) is 4.15. The van der Waals surface area contributed by atoms with Gasteiger partial charge in [-0.25, -0.2) is 4.39 Å². The van der Waals surface area contributed by atoms with Gasteiger partial charge in [0, 0.05) is 10.6 Å². The molecule has 4 heteroatoms. The van der Waals surface area contributed by atoms with Crippen molar-refractivity contribution in [1.29, 1.82) is 0 Å². The van der Waals surface area contributed by atoms with E-state index in [4.69, 9.17) is 5.73 Å². The maximum absolute atomic E-state index is 12.9. The molecule has 2 aromatic carbocycles. The molecule has 0 spiro atoms. The van der Waals surface area contributed by atoms with Crippen LogP contribution in [-0.2, 0) is 16.6 Å². The molecule has 0 fully saturated rings. The predicted octanol–water partition coefficient (Wildman–Crippen LogP) is 3.02. The van der Waals surface area contributed by atoms with Crippen molar-refractivity contribution in [1.82, 2.24) is 0 Å². The Kier molecular flexibility index (Phi) is 3.77. The van der Waals surface area contributed by atoms with E-state index in [1.54, 1.807) is 6.07 Å². The highest BCUT2D eigenvalue weighted by Crippen LogP contribution is 2.18. The van der Waals surface area contributed by atoms with Gasteiger partial charge >= 0.3 is 0 Å². The Balaban J connectivity index is 2.18. The SMILES string of the molecule is Cc1ccc(S(=O)Cc2ccc(F)cc2N)cc1. The Bertz CT molecular complexity index is 581. The summed E-state index contributed by atoms with van der Waals surface area (Å²) in [7, 11) is -1.16. The summed E-state index contributed by atoms with van der Waals surface area (Å²) in [4.78, 5) is 0.754. The minimum Gasteiger partial charge on any atom is -0.398 e. The zero-order chi connectivity index (χ0) is 13.1. The van der Waals surface area contributed by atoms with Crippen LogP contribution in [-0.4, -0.2) is 4.21 Å². The van der Waals surface area contributed by atoms with E-state index in [0.717, 1.165) is 10.5 Å². The Morgan fingerprint density at radius 2 is 1.83 bits per heavy atom. The zero-order valence-electron chi connectivity index (χ0n) is 10.0. The van der Waals surface area contributed by atoms with Crippen molar-refractivity contribution in [3.05, 3.63) is 59.4 Å². The van der Waals surface area contributed by atoms with Crippen molar-refractivity contribution >= 4 is 16.5 Å². The normalized spacial score (nSPS) is 12.3. The number of nitrogen functional groups attached to an aromatic ring is 1. The largest absolute Gasteiger partial charge is 0.398 e. The molecule has 0 aliphatic rings. The third-order valence-corrected chi connectivity index (χ3v) is 4.05. The third kappa shape index (κ3) is 2.96. The quantitative estimate of drug-likeness (QED) is 0.865. The molecule has 0 aliphatic heterocycles. The molecule has 94 valence electrons. The second-order valence-corrected chi connectivity index (χ2v) is 5.60. The number of rotatable bonds is 3. The fourth-order valence-electron chi connectivity index (χ4n) is 1.61. The molecule has 1 unspecified atom stereocenters. The Hall–Kier alpha value is -1.68. The van der Waals surface area contributed by atoms with Gasteiger partial charge < -0.3 is 5.73 Å². The van der Waals surface area contributed by atoms with E-state index in [2.05, 4.69) is 0 Å². The van der Waals surface area contributed by atoms with Gasteiger partial charge in [0.25, 0.3) is 0 Å². The first-order valence-corrected chi connectivity index (χ1v) is 6.87. The van der Waals surface area contributed by atoms with Gasteiger partial charge in [0.05, 0.1) is 16.6 Å². The van der Waals surface area contributed by atoms with Crippen LogP contribution >= 0.6 is 0 Å². The first-order valence-electron chi connectivity index (χ1n) is 5.55. The second kappa shape index (κ2) is 5.31. The first kappa shape index (κ1) is 12.8. The minimum absolute atomic E-state index is 0.301. The molecule has 2 aromatic rings. The number of hydrogen-bond acceptors (Lipinski definition) is 2. The van der Waals surface area contributed by atoms with Gasteiger partial charge in [-0.15, -0.1) is 0 Å². The molecular weight excluding hydrogens is 249 g/mol. The van der Waals surface area contributed by atoms with Crippen LogP contribution in [0.25, 0.3) is 0 Å². The van der Waals surface area contributed by atoms with Gasteiger partial charge in [-0.3, -0.25) is 4.21 Å². The lowest BCUT2D eigenvalue weighted by molar-refractivity contribution is 0.628. The Morgan fingerprint density at radius 3 is 2.44 bits per heavy atom. The Morgan fingerprint density at radius 1 is 1.17 bits per heavy atom. The molecule has 0 aliphatic carbocycles. The number of halogens is 1. The van der Waals surface area contributed by atoms with Crippen molar-refractivity contribution in [3.8, 4) is 0 Å². The lowest BCUT2D eigenvalue weighted by Gasteiger charge is -2.06. The molecule has 0 bridgehead atoms. The summed E-state index contributed by atoms with van der Waals surface area (Å²) in [6, 6.07) is 11.7. The van der Waals surface area contributed by atoms with Gasteiger partial charge in [-0.1, -0.05) is 23.8 Å². The van der Waals surface area contributed by atoms with Crippen LogP contribution in [0.5, 0.6) is 0 Å². The molecule has 2 rings (SSSR count). The zero-order valence-corrected chi connectivity index (χ0v) is 10.8. The van der Waals surface area contributed by atoms with Crippen LogP contribution in [0.3, 0.4) is 0 Å². The van der Waals surface area contributed by atoms with Crippen LogP contribution in [0, 0.1) is 12.7 Å². The van der Waals surface area contributed by atoms with Crippen LogP contribution < -0.4 is 5.73 Å². The van der Waals surface area contributed by atoms with Crippen molar-refractivity contribution in [2.24, 2.45) is 0 Å². The third-order valence-electron chi connectivity index (χ3n) is 2.68. The van der Waals surface area contributed by atoms with Crippen molar-refractivity contribution in [3.63, 3.8) is 0 Å². The number of aryl methyl sites for hydroxylation is 1. The maximum Gasteiger partial charge on any atom is 0.125 e. The molecule has 0 heterocycles. The molecule has 0 amide bonds. The molecule has 0 saturated heterocycles. The van der Waals surface area contributed by atoms with Crippen molar-refractivity contribution < 1.29 is 8.60 Å². The van der Waals surface area contributed by atoms with E-state index in [9.17, 15) is 8.60 Å². The predicted molar refractivity (Wildman–Crippen MR) is 72.1 cm³/mol. The van der Waals surface area contributed by atoms with E-state index in [-0.39, 0.29) is 5.82 Å². The van der Waals surface area contributed by atoms with Gasteiger partial charge in [0.15, 0.2) is 0 Å². The van der Waals surface area contributed by atoms with E-state index >= 15 is 0 Å². The number of hydrogen-bond donors (Lipinski definition) is 1. The molecule has 0 saturated carbocycles. The van der Waals surface area contributed by atoms with Gasteiger partial charge in [0.1, 0.15) is 5.82 Å². The standard InChI is InChI=1S/C14H14FNOS/c1-10-2-6-13(7-3-10)18(17)9-11-4-5-12(15)8-14(11)16/h2-8H,9,16H2,1H3. The van der Waals surface area contributed by atoms with E-state index < -0.39 is 10.8 Å². The summed E-state index contributed by atoms with van der Waals surface area (Å²) >= 11 is 0. The monoisotopic (exact) mass is 263 g/mol. The fraction of sp³-hybridized carbons (Fsp3) is 0.143. The summed E-state index contributed by atoms with van der Waals surface area (Å²) in [6.45, 7) is 1.98. The topological polar surface area (TPSA) is 43.1 Å². The highest BCUT2D eigenvalue weighted by atomic mass is 32.2.